The summed E-state index contributed by atoms with van der Waals surface area (Å²) >= 11 is 1.72. The normalized spacial score (nSPS) is 13.3. The van der Waals surface area contributed by atoms with Crippen LogP contribution in [-0.4, -0.2) is 7.85 Å². The molecule has 13 heavy (non-hydrogen) atoms. The molecule has 1 heterocycles. The molecule has 4 heteroatoms. The minimum absolute atomic E-state index is 0.218. The number of thiophene rings is 1. The van der Waals surface area contributed by atoms with Crippen LogP contribution in [0, 0.1) is 0 Å². The van der Waals surface area contributed by atoms with Crippen molar-refractivity contribution in [2.75, 3.05) is 0 Å². The van der Waals surface area contributed by atoms with Gasteiger partial charge in [0.15, 0.2) is 0 Å². The summed E-state index contributed by atoms with van der Waals surface area (Å²) in [4.78, 5) is 0.821. The predicted octanol–water partition coefficient (Wildman–Crippen LogP) is 3.07. The van der Waals surface area contributed by atoms with Crippen LogP contribution in [0.4, 0.5) is 0 Å². The minimum atomic E-state index is -0.367. The molecule has 0 saturated heterocycles. The third-order valence-corrected chi connectivity index (χ3v) is 4.03. The summed E-state index contributed by atoms with van der Waals surface area (Å²) in [7, 11) is 11.2. The summed E-state index contributed by atoms with van der Waals surface area (Å²) in [5.74, 6) is 0. The summed E-state index contributed by atoms with van der Waals surface area (Å²) in [6, 6.07) is 2.19. The van der Waals surface area contributed by atoms with Crippen molar-refractivity contribution in [3.63, 3.8) is 0 Å². The Morgan fingerprint density at radius 1 is 1.31 bits per heavy atom. The quantitative estimate of drug-likeness (QED) is 0.511. The molecule has 0 fully saturated rings. The molecule has 2 radical (unpaired) electrons. The molecule has 0 bridgehead atoms. The Kier molecular flexibility index (Phi) is 3.28. The van der Waals surface area contributed by atoms with Gasteiger partial charge in [0.25, 0.3) is 0 Å². The molecule has 0 N–H and O–H groups in total. The monoisotopic (exact) mass is 228 g/mol. The third kappa shape index (κ3) is 3.05. The lowest BCUT2D eigenvalue weighted by Gasteiger charge is -2.18. The molecule has 0 amide bonds. The maximum absolute atomic E-state index is 5.95. The molecule has 0 spiro atoms. The molecule has 0 aliphatic carbocycles. The van der Waals surface area contributed by atoms with Crippen LogP contribution in [0.1, 0.15) is 31.2 Å². The van der Waals surface area contributed by atoms with Gasteiger partial charge in [-0.05, 0) is 27.2 Å². The van der Waals surface area contributed by atoms with Crippen LogP contribution in [0.25, 0.3) is 0 Å². The highest BCUT2D eigenvalue weighted by atomic mass is 32.1. The summed E-state index contributed by atoms with van der Waals surface area (Å²) < 4.78 is 0. The van der Waals surface area contributed by atoms with Gasteiger partial charge in [-0.2, -0.15) is 0 Å². The van der Waals surface area contributed by atoms with Gasteiger partial charge in [0, 0.05) is 4.88 Å². The van der Waals surface area contributed by atoms with Gasteiger partial charge in [0.2, 0.25) is 0 Å². The fraction of sp³-hybridized carbons (Fsp3) is 0.556. The molecular formula is C9H15BP2S. The van der Waals surface area contributed by atoms with E-state index in [1.165, 1.54) is 10.4 Å². The molecule has 1 aromatic rings. The molecule has 1 rings (SSSR count). The van der Waals surface area contributed by atoms with Gasteiger partial charge in [-0.15, -0.1) is 29.8 Å². The van der Waals surface area contributed by atoms with E-state index in [1.54, 1.807) is 11.3 Å². The van der Waals surface area contributed by atoms with Crippen molar-refractivity contribution < 1.29 is 0 Å². The zero-order chi connectivity index (χ0) is 10.3. The van der Waals surface area contributed by atoms with E-state index in [0.29, 0.717) is 0 Å². The first kappa shape index (κ1) is 11.7. The highest BCUT2D eigenvalue weighted by molar-refractivity contribution is 7.44. The highest BCUT2D eigenvalue weighted by Crippen LogP contribution is 2.40. The minimum Gasteiger partial charge on any atom is -0.148 e. The van der Waals surface area contributed by atoms with Crippen molar-refractivity contribution in [1.82, 2.24) is 0 Å². The number of rotatable bonds is 1. The molecule has 70 valence electrons. The molecule has 0 aromatic carbocycles. The zero-order valence-corrected chi connectivity index (χ0v) is 11.4. The van der Waals surface area contributed by atoms with Gasteiger partial charge in [-0.25, -0.2) is 0 Å². The average Bonchev–Trinajstić information content (AvgIpc) is 2.28. The molecule has 0 aliphatic heterocycles. The molecule has 0 saturated carbocycles. The van der Waals surface area contributed by atoms with Crippen molar-refractivity contribution in [3.05, 3.63) is 21.9 Å². The van der Waals surface area contributed by atoms with E-state index in [0.717, 1.165) is 0 Å². The van der Waals surface area contributed by atoms with Gasteiger partial charge in [-0.1, -0.05) is 20.8 Å². The molecule has 0 aliphatic rings. The van der Waals surface area contributed by atoms with E-state index < -0.39 is 0 Å². The van der Waals surface area contributed by atoms with E-state index in [-0.39, 0.29) is 10.2 Å². The summed E-state index contributed by atoms with van der Waals surface area (Å²) in [6.45, 7) is 6.63. The maximum atomic E-state index is 5.95. The van der Waals surface area contributed by atoms with Crippen LogP contribution in [0.15, 0.2) is 11.4 Å². The van der Waals surface area contributed by atoms with Crippen molar-refractivity contribution >= 4 is 37.7 Å². The smallest absolute Gasteiger partial charge is 0.0935 e. The molecular weight excluding hydrogens is 213 g/mol. The molecule has 2 unspecified atom stereocenters. The summed E-state index contributed by atoms with van der Waals surface area (Å²) in [5.41, 5.74) is 1.57. The van der Waals surface area contributed by atoms with E-state index in [1.807, 2.05) is 0 Å². The van der Waals surface area contributed by atoms with Gasteiger partial charge >= 0.3 is 0 Å². The SMILES string of the molecule is [B]C(P)(P)c1cc(C(C)(C)C)cs1. The topological polar surface area (TPSA) is 0 Å². The van der Waals surface area contributed by atoms with Crippen molar-refractivity contribution in [1.29, 1.82) is 0 Å². The number of hydrogen-bond acceptors (Lipinski definition) is 1. The Balaban J connectivity index is 3.01. The maximum Gasteiger partial charge on any atom is 0.0935 e. The van der Waals surface area contributed by atoms with Gasteiger partial charge < -0.3 is 0 Å². The second-order valence-corrected chi connectivity index (χ2v) is 7.87. The standard InChI is InChI=1S/C9H15BP2S/c1-8(2,3)6-4-7(13-5-6)9(10,11)12/h4-5H,11-12H2,1-3H3. The van der Waals surface area contributed by atoms with Crippen molar-refractivity contribution in [2.45, 2.75) is 31.0 Å². The first-order chi connectivity index (χ1) is 5.71. The Morgan fingerprint density at radius 3 is 2.08 bits per heavy atom. The van der Waals surface area contributed by atoms with Gasteiger partial charge in [0.05, 0.1) is 7.85 Å². The fourth-order valence-corrected chi connectivity index (χ4v) is 2.61. The van der Waals surface area contributed by atoms with Crippen molar-refractivity contribution in [2.24, 2.45) is 0 Å². The first-order valence-electron chi connectivity index (χ1n) is 4.17. The van der Waals surface area contributed by atoms with Crippen LogP contribution in [-0.2, 0) is 10.2 Å². The Morgan fingerprint density at radius 2 is 1.85 bits per heavy atom. The zero-order valence-electron chi connectivity index (χ0n) is 8.29. The predicted molar refractivity (Wildman–Crippen MR) is 69.9 cm³/mol. The summed E-state index contributed by atoms with van der Waals surface area (Å²) in [6.07, 6.45) is 0. The molecule has 0 nitrogen and oxygen atoms in total. The van der Waals surface area contributed by atoms with Crippen LogP contribution >= 0.6 is 29.8 Å². The van der Waals surface area contributed by atoms with Crippen LogP contribution in [0.5, 0.6) is 0 Å². The Hall–Kier alpha value is 0.625. The third-order valence-electron chi connectivity index (χ3n) is 1.89. The van der Waals surface area contributed by atoms with E-state index in [4.69, 9.17) is 7.85 Å². The van der Waals surface area contributed by atoms with Gasteiger partial charge in [0.1, 0.15) is 0 Å². The lowest BCUT2D eigenvalue weighted by molar-refractivity contribution is 0.592. The summed E-state index contributed by atoms with van der Waals surface area (Å²) in [5, 5.41) is 2.19. The van der Waals surface area contributed by atoms with Crippen molar-refractivity contribution in [3.8, 4) is 0 Å². The highest BCUT2D eigenvalue weighted by Gasteiger charge is 2.20. The lowest BCUT2D eigenvalue weighted by Crippen LogP contribution is -2.10. The van der Waals surface area contributed by atoms with E-state index in [9.17, 15) is 0 Å². The van der Waals surface area contributed by atoms with E-state index in [2.05, 4.69) is 50.7 Å². The Labute approximate surface area is 90.7 Å². The second-order valence-electron chi connectivity index (χ2n) is 4.38. The lowest BCUT2D eigenvalue weighted by atomic mass is 9.88. The largest absolute Gasteiger partial charge is 0.148 e. The second kappa shape index (κ2) is 3.65. The van der Waals surface area contributed by atoms with Crippen LogP contribution in [0.2, 0.25) is 0 Å². The van der Waals surface area contributed by atoms with Crippen LogP contribution < -0.4 is 0 Å². The fourth-order valence-electron chi connectivity index (χ4n) is 0.957. The number of hydrogen-bond donors (Lipinski definition) is 0. The van der Waals surface area contributed by atoms with E-state index >= 15 is 0 Å². The molecule has 2 atom stereocenters. The molecule has 1 aromatic heterocycles. The Bertz CT molecular complexity index is 265. The average molecular weight is 228 g/mol. The van der Waals surface area contributed by atoms with Crippen LogP contribution in [0.3, 0.4) is 0 Å². The first-order valence-corrected chi connectivity index (χ1v) is 6.21. The van der Waals surface area contributed by atoms with Gasteiger partial charge in [-0.3, -0.25) is 0 Å².